The summed E-state index contributed by atoms with van der Waals surface area (Å²) < 4.78 is 5.30. The zero-order chi connectivity index (χ0) is 14.9. The van der Waals surface area contributed by atoms with Gasteiger partial charge in [0.05, 0.1) is 6.61 Å². The third-order valence-corrected chi connectivity index (χ3v) is 3.08. The monoisotopic (exact) mass is 283 g/mol. The second-order valence-electron chi connectivity index (χ2n) is 4.30. The maximum atomic E-state index is 11.1. The van der Waals surface area contributed by atoms with Crippen molar-refractivity contribution in [2.45, 2.75) is 24.2 Å². The number of hydrogen-bond acceptors (Lipinski definition) is 7. The van der Waals surface area contributed by atoms with Crippen LogP contribution in [0.15, 0.2) is 29.8 Å². The smallest absolute Gasteiger partial charge is 0.250 e. The molecule has 1 fully saturated rings. The molecule has 1 unspecified atom stereocenters. The SMILES string of the molecule is C=C1NC(=O)C=CN1[C@@H]1O[C@@](CO)(N=[N+]=[N-])C(O)[C@@H]1O. The number of rotatable bonds is 3. The van der Waals surface area contributed by atoms with Crippen molar-refractivity contribution in [2.24, 2.45) is 5.11 Å². The Hall–Kier alpha value is -2.10. The zero-order valence-corrected chi connectivity index (χ0v) is 10.2. The van der Waals surface area contributed by atoms with Gasteiger partial charge in [-0.2, -0.15) is 0 Å². The summed E-state index contributed by atoms with van der Waals surface area (Å²) in [5.74, 6) is -0.286. The molecule has 1 amide bonds. The van der Waals surface area contributed by atoms with Crippen molar-refractivity contribution in [3.63, 3.8) is 0 Å². The van der Waals surface area contributed by atoms with Gasteiger partial charge in [0.25, 0.3) is 5.91 Å². The van der Waals surface area contributed by atoms with Crippen LogP contribution in [0.2, 0.25) is 0 Å². The minimum Gasteiger partial charge on any atom is -0.393 e. The van der Waals surface area contributed by atoms with Crippen LogP contribution in [0.5, 0.6) is 0 Å². The fraction of sp³-hybridized carbons (Fsp3) is 0.500. The van der Waals surface area contributed by atoms with E-state index in [4.69, 9.17) is 10.3 Å². The molecule has 4 atom stereocenters. The lowest BCUT2D eigenvalue weighted by Gasteiger charge is -2.33. The standard InChI is InChI=1S/C10H13N5O5/c1-5-12-6(17)2-3-15(5)9-7(18)8(19)10(4-16,20-9)13-14-11/h2-3,7-9,16,18-19H,1,4H2,(H,12,17)/t7-,8?,9+,10+/m0/s1. The molecule has 2 rings (SSSR count). The van der Waals surface area contributed by atoms with Crippen LogP contribution in [0.1, 0.15) is 0 Å². The fourth-order valence-corrected chi connectivity index (χ4v) is 2.04. The summed E-state index contributed by atoms with van der Waals surface area (Å²) in [5, 5.41) is 34.8. The molecule has 20 heavy (non-hydrogen) atoms. The molecular formula is C10H13N5O5. The van der Waals surface area contributed by atoms with Crippen LogP contribution in [0, 0.1) is 0 Å². The van der Waals surface area contributed by atoms with Gasteiger partial charge in [-0.15, -0.1) is 0 Å². The Morgan fingerprint density at radius 3 is 2.90 bits per heavy atom. The van der Waals surface area contributed by atoms with E-state index in [1.807, 2.05) is 0 Å². The first-order chi connectivity index (χ1) is 9.45. The largest absolute Gasteiger partial charge is 0.393 e. The van der Waals surface area contributed by atoms with Crippen LogP contribution in [0.25, 0.3) is 10.4 Å². The molecule has 1 saturated heterocycles. The molecule has 0 radical (unpaired) electrons. The van der Waals surface area contributed by atoms with E-state index in [-0.39, 0.29) is 5.82 Å². The average molecular weight is 283 g/mol. The summed E-state index contributed by atoms with van der Waals surface area (Å²) >= 11 is 0. The van der Waals surface area contributed by atoms with Gasteiger partial charge in [-0.25, -0.2) is 0 Å². The number of aliphatic hydroxyl groups is 3. The van der Waals surface area contributed by atoms with Gasteiger partial charge < -0.3 is 30.3 Å². The third-order valence-electron chi connectivity index (χ3n) is 3.08. The van der Waals surface area contributed by atoms with Gasteiger partial charge in [0.1, 0.15) is 18.0 Å². The first kappa shape index (κ1) is 14.3. The number of nitrogens with zero attached hydrogens (tertiary/aromatic N) is 4. The molecule has 4 N–H and O–H groups in total. The summed E-state index contributed by atoms with van der Waals surface area (Å²) in [6.07, 6.45) is -1.82. The Morgan fingerprint density at radius 1 is 1.65 bits per heavy atom. The van der Waals surface area contributed by atoms with E-state index in [0.29, 0.717) is 0 Å². The van der Waals surface area contributed by atoms with Gasteiger partial charge in [-0.1, -0.05) is 11.7 Å². The predicted octanol–water partition coefficient (Wildman–Crippen LogP) is -1.52. The number of amides is 1. The molecule has 0 saturated carbocycles. The van der Waals surface area contributed by atoms with Crippen molar-refractivity contribution in [1.82, 2.24) is 10.2 Å². The molecule has 2 aliphatic rings. The van der Waals surface area contributed by atoms with Crippen LogP contribution in [0.3, 0.4) is 0 Å². The molecule has 10 nitrogen and oxygen atoms in total. The first-order valence-electron chi connectivity index (χ1n) is 5.62. The molecule has 108 valence electrons. The van der Waals surface area contributed by atoms with Crippen LogP contribution in [-0.2, 0) is 9.53 Å². The fourth-order valence-electron chi connectivity index (χ4n) is 2.04. The molecule has 10 heteroatoms. The zero-order valence-electron chi connectivity index (χ0n) is 10.2. The van der Waals surface area contributed by atoms with E-state index >= 15 is 0 Å². The maximum absolute atomic E-state index is 11.1. The Morgan fingerprint density at radius 2 is 2.35 bits per heavy atom. The number of carbonyl (C=O) groups excluding carboxylic acids is 1. The van der Waals surface area contributed by atoms with Crippen LogP contribution >= 0.6 is 0 Å². The van der Waals surface area contributed by atoms with Crippen molar-refractivity contribution in [2.75, 3.05) is 6.61 Å². The average Bonchev–Trinajstić information content (AvgIpc) is 2.65. The van der Waals surface area contributed by atoms with Crippen LogP contribution < -0.4 is 5.32 Å². The highest BCUT2D eigenvalue weighted by atomic mass is 16.6. The summed E-state index contributed by atoms with van der Waals surface area (Å²) in [5.41, 5.74) is 6.49. The van der Waals surface area contributed by atoms with Gasteiger partial charge in [-0.05, 0) is 5.53 Å². The van der Waals surface area contributed by atoms with Crippen LogP contribution in [-0.4, -0.2) is 56.9 Å². The van der Waals surface area contributed by atoms with Gasteiger partial charge in [0.2, 0.25) is 5.72 Å². The van der Waals surface area contributed by atoms with E-state index in [2.05, 4.69) is 21.9 Å². The summed E-state index contributed by atoms with van der Waals surface area (Å²) in [4.78, 5) is 14.9. The lowest BCUT2D eigenvalue weighted by Crippen LogP contribution is -2.46. The number of nitrogens with one attached hydrogen (secondary N) is 1. The van der Waals surface area contributed by atoms with E-state index in [1.165, 1.54) is 17.2 Å². The molecule has 0 bridgehead atoms. The number of carbonyl (C=O) groups is 1. The molecule has 0 spiro atoms. The van der Waals surface area contributed by atoms with E-state index in [1.54, 1.807) is 0 Å². The van der Waals surface area contributed by atoms with Crippen molar-refractivity contribution in [3.8, 4) is 0 Å². The molecular weight excluding hydrogens is 270 g/mol. The van der Waals surface area contributed by atoms with Crippen molar-refractivity contribution in [3.05, 3.63) is 35.1 Å². The Labute approximate surface area is 113 Å². The molecule has 2 heterocycles. The number of azide groups is 1. The highest BCUT2D eigenvalue weighted by Crippen LogP contribution is 2.35. The van der Waals surface area contributed by atoms with Gasteiger partial charge in [0.15, 0.2) is 6.23 Å². The molecule has 2 aliphatic heterocycles. The second kappa shape index (κ2) is 5.12. The molecule has 0 aromatic carbocycles. The number of hydrogen-bond donors (Lipinski definition) is 4. The summed E-state index contributed by atoms with van der Waals surface area (Å²) in [6, 6.07) is 0. The lowest BCUT2D eigenvalue weighted by molar-refractivity contribution is -0.134. The highest BCUT2D eigenvalue weighted by molar-refractivity contribution is 5.89. The predicted molar refractivity (Wildman–Crippen MR) is 64.1 cm³/mol. The first-order valence-corrected chi connectivity index (χ1v) is 5.62. The van der Waals surface area contributed by atoms with Crippen molar-refractivity contribution < 1.29 is 24.9 Å². The topological polar surface area (TPSA) is 151 Å². The van der Waals surface area contributed by atoms with Gasteiger partial charge >= 0.3 is 0 Å². The number of aliphatic hydroxyl groups excluding tert-OH is 3. The highest BCUT2D eigenvalue weighted by Gasteiger charge is 2.55. The van der Waals surface area contributed by atoms with Crippen molar-refractivity contribution in [1.29, 1.82) is 0 Å². The molecule has 0 aromatic heterocycles. The van der Waals surface area contributed by atoms with Crippen molar-refractivity contribution >= 4 is 5.91 Å². The van der Waals surface area contributed by atoms with Crippen LogP contribution in [0.4, 0.5) is 0 Å². The van der Waals surface area contributed by atoms with Gasteiger partial charge in [-0.3, -0.25) is 4.79 Å². The Bertz CT molecular complexity index is 516. The normalized spacial score (nSPS) is 36.8. The van der Waals surface area contributed by atoms with E-state index in [9.17, 15) is 20.1 Å². The Kier molecular flexibility index (Phi) is 3.66. The minimum absolute atomic E-state index is 0.114. The Balaban J connectivity index is 2.31. The summed E-state index contributed by atoms with van der Waals surface area (Å²) in [7, 11) is 0. The third kappa shape index (κ3) is 2.11. The minimum atomic E-state index is -1.99. The van der Waals surface area contributed by atoms with E-state index in [0.717, 1.165) is 0 Å². The lowest BCUT2D eigenvalue weighted by atomic mass is 10.1. The number of ether oxygens (including phenoxy) is 1. The summed E-state index contributed by atoms with van der Waals surface area (Å²) in [6.45, 7) is 2.76. The van der Waals surface area contributed by atoms with Gasteiger partial charge in [0, 0.05) is 17.2 Å². The molecule has 0 aliphatic carbocycles. The van der Waals surface area contributed by atoms with E-state index < -0.39 is 36.7 Å². The quantitative estimate of drug-likeness (QED) is 0.280. The maximum Gasteiger partial charge on any atom is 0.250 e. The second-order valence-corrected chi connectivity index (χ2v) is 4.30. The molecule has 0 aromatic rings.